The number of carbonyl (C=O) groups excluding carboxylic acids is 3. The smallest absolute Gasteiger partial charge is 0.329 e. The van der Waals surface area contributed by atoms with Crippen molar-refractivity contribution in [1.82, 2.24) is 33.7 Å². The number of nitrogens with zero attached hydrogens (tertiary/aromatic N) is 7. The number of piperidine rings is 2. The number of hydrogen-bond donors (Lipinski definition) is 2. The first kappa shape index (κ1) is 33.7. The first-order valence-corrected chi connectivity index (χ1v) is 17.6. The molecule has 1 atom stereocenters. The maximum absolute atomic E-state index is 13.9. The standard InChI is InChI=1S/C36H39F2N9O5/c1-43(19-20-17-21(18-20)34-41-28(30(37)38)35(52-34)42-32(49)23-11-16-46-13-4-12-39-31(23)46)22-9-14-45(15-10-22)24-5-3-6-25-29(24)44(2)36(51)47(25)26-7-8-27(48)40-33(26)50/h3-6,11-13,16,20-22,26,30H,7-10,14-15,17-19H2,1-2H3,(H,42,49)(H,40,48,50). The zero-order valence-corrected chi connectivity index (χ0v) is 28.8. The van der Waals surface area contributed by atoms with Gasteiger partial charge in [-0.2, -0.15) is 0 Å². The average molecular weight is 716 g/mol. The van der Waals surface area contributed by atoms with Crippen LogP contribution in [0.3, 0.4) is 0 Å². The highest BCUT2D eigenvalue weighted by Crippen LogP contribution is 2.44. The number of benzene rings is 1. The molecule has 0 bridgehead atoms. The molecule has 8 rings (SSSR count). The number of halogens is 2. The van der Waals surface area contributed by atoms with Crippen LogP contribution in [0.25, 0.3) is 16.7 Å². The predicted molar refractivity (Wildman–Crippen MR) is 187 cm³/mol. The van der Waals surface area contributed by atoms with Crippen molar-refractivity contribution >= 4 is 46.0 Å². The number of aromatic nitrogens is 5. The van der Waals surface area contributed by atoms with Gasteiger partial charge in [0.1, 0.15) is 11.7 Å². The number of anilines is 2. The fourth-order valence-corrected chi connectivity index (χ4v) is 8.14. The molecule has 5 aromatic rings. The van der Waals surface area contributed by atoms with Gasteiger partial charge in [0.25, 0.3) is 12.3 Å². The molecule has 3 aliphatic rings. The van der Waals surface area contributed by atoms with E-state index in [4.69, 9.17) is 4.42 Å². The first-order chi connectivity index (χ1) is 25.1. The zero-order chi connectivity index (χ0) is 36.3. The number of carbonyl (C=O) groups is 3. The van der Waals surface area contributed by atoms with E-state index < -0.39 is 30.0 Å². The Morgan fingerprint density at radius 1 is 1.10 bits per heavy atom. The molecule has 4 aromatic heterocycles. The molecule has 1 aliphatic carbocycles. The van der Waals surface area contributed by atoms with Gasteiger partial charge in [0.2, 0.25) is 23.6 Å². The molecule has 0 radical (unpaired) electrons. The minimum Gasteiger partial charge on any atom is -0.424 e. The third kappa shape index (κ3) is 5.93. The molecule has 0 spiro atoms. The average Bonchev–Trinajstić information content (AvgIpc) is 3.81. The summed E-state index contributed by atoms with van der Waals surface area (Å²) >= 11 is 0. The second kappa shape index (κ2) is 13.3. The van der Waals surface area contributed by atoms with Crippen LogP contribution in [0.4, 0.5) is 20.4 Å². The van der Waals surface area contributed by atoms with E-state index in [1.54, 1.807) is 46.7 Å². The molecule has 272 valence electrons. The highest BCUT2D eigenvalue weighted by atomic mass is 19.3. The van der Waals surface area contributed by atoms with Crippen molar-refractivity contribution in [3.8, 4) is 0 Å². The number of aryl methyl sites for hydroxylation is 1. The van der Waals surface area contributed by atoms with Gasteiger partial charge in [-0.15, -0.1) is 0 Å². The van der Waals surface area contributed by atoms with Crippen molar-refractivity contribution in [3.63, 3.8) is 0 Å². The van der Waals surface area contributed by atoms with Gasteiger partial charge in [0.05, 0.1) is 22.3 Å². The number of rotatable bonds is 9. The van der Waals surface area contributed by atoms with Crippen molar-refractivity contribution in [2.75, 3.05) is 36.9 Å². The van der Waals surface area contributed by atoms with Gasteiger partial charge < -0.3 is 18.6 Å². The van der Waals surface area contributed by atoms with Crippen molar-refractivity contribution in [2.24, 2.45) is 13.0 Å². The number of oxazole rings is 1. The minimum absolute atomic E-state index is 0.111. The lowest BCUT2D eigenvalue weighted by molar-refractivity contribution is -0.135. The molecule has 2 aliphatic heterocycles. The Kier molecular flexibility index (Phi) is 8.64. The molecule has 1 unspecified atom stereocenters. The van der Waals surface area contributed by atoms with Gasteiger partial charge in [-0.05, 0) is 69.3 Å². The summed E-state index contributed by atoms with van der Waals surface area (Å²) in [6.07, 6.45) is 5.84. The van der Waals surface area contributed by atoms with Gasteiger partial charge in [0, 0.05) is 63.7 Å². The van der Waals surface area contributed by atoms with Crippen molar-refractivity contribution in [1.29, 1.82) is 0 Å². The molecular weight excluding hydrogens is 676 g/mol. The van der Waals surface area contributed by atoms with Gasteiger partial charge in [-0.3, -0.25) is 34.2 Å². The Bertz CT molecular complexity index is 2240. The summed E-state index contributed by atoms with van der Waals surface area (Å²) in [6.45, 7) is 2.42. The van der Waals surface area contributed by atoms with Crippen LogP contribution in [0, 0.1) is 5.92 Å². The lowest BCUT2D eigenvalue weighted by atomic mass is 9.74. The molecule has 6 heterocycles. The lowest BCUT2D eigenvalue weighted by Gasteiger charge is -2.42. The van der Waals surface area contributed by atoms with E-state index in [1.165, 1.54) is 4.57 Å². The molecule has 16 heteroatoms. The predicted octanol–water partition coefficient (Wildman–Crippen LogP) is 4.24. The summed E-state index contributed by atoms with van der Waals surface area (Å²) in [5.74, 6) is -1.26. The number of imidazole rings is 1. The fourth-order valence-electron chi connectivity index (χ4n) is 8.14. The van der Waals surface area contributed by atoms with Crippen LogP contribution in [0.5, 0.6) is 0 Å². The molecular formula is C36H39F2N9O5. The number of hydrogen-bond acceptors (Lipinski definition) is 9. The number of para-hydroxylation sites is 1. The number of imide groups is 1. The Morgan fingerprint density at radius 2 is 1.88 bits per heavy atom. The highest BCUT2D eigenvalue weighted by Gasteiger charge is 2.38. The summed E-state index contributed by atoms with van der Waals surface area (Å²) in [4.78, 5) is 63.7. The van der Waals surface area contributed by atoms with E-state index in [9.17, 15) is 28.0 Å². The van der Waals surface area contributed by atoms with Crippen molar-refractivity contribution in [3.05, 3.63) is 76.6 Å². The Hall–Kier alpha value is -5.38. The lowest BCUT2D eigenvalue weighted by Crippen LogP contribution is -2.46. The van der Waals surface area contributed by atoms with Crippen molar-refractivity contribution in [2.45, 2.75) is 63.0 Å². The molecule has 2 N–H and O–H groups in total. The second-order valence-electron chi connectivity index (χ2n) is 14.1. The summed E-state index contributed by atoms with van der Waals surface area (Å²) in [7, 11) is 3.84. The fraction of sp³-hybridized carbons (Fsp3) is 0.444. The Balaban J connectivity index is 0.878. The van der Waals surface area contributed by atoms with E-state index >= 15 is 0 Å². The Labute approximate surface area is 296 Å². The van der Waals surface area contributed by atoms with Crippen molar-refractivity contribution < 1.29 is 27.6 Å². The monoisotopic (exact) mass is 715 g/mol. The van der Waals surface area contributed by atoms with Crippen LogP contribution < -0.4 is 21.2 Å². The number of alkyl halides is 2. The molecule has 2 saturated heterocycles. The minimum atomic E-state index is -2.91. The van der Waals surface area contributed by atoms with Gasteiger partial charge in [-0.25, -0.2) is 23.5 Å². The van der Waals surface area contributed by atoms with E-state index in [0.29, 0.717) is 23.1 Å². The third-order valence-electron chi connectivity index (χ3n) is 10.9. The van der Waals surface area contributed by atoms with E-state index in [1.807, 2.05) is 18.2 Å². The van der Waals surface area contributed by atoms with Gasteiger partial charge in [-0.1, -0.05) is 6.07 Å². The zero-order valence-electron chi connectivity index (χ0n) is 28.8. The molecule has 3 fully saturated rings. The molecule has 52 heavy (non-hydrogen) atoms. The topological polar surface area (TPSA) is 152 Å². The van der Waals surface area contributed by atoms with Crippen LogP contribution in [-0.4, -0.2) is 78.8 Å². The SMILES string of the molecule is CN(CC1CC(c2nc(C(F)F)c(NC(=O)c3ccn4cccnc34)o2)C1)C1CCN(c2cccc3c2n(C)c(=O)n3C2CCC(=O)NC2=O)CC1. The normalized spacial score (nSPS) is 21.3. The molecule has 14 nitrogen and oxygen atoms in total. The maximum Gasteiger partial charge on any atom is 0.329 e. The summed E-state index contributed by atoms with van der Waals surface area (Å²) in [6, 6.07) is 8.67. The number of nitrogens with one attached hydrogen (secondary N) is 2. The van der Waals surface area contributed by atoms with E-state index in [2.05, 4.69) is 37.4 Å². The summed E-state index contributed by atoms with van der Waals surface area (Å²) < 4.78 is 38.4. The van der Waals surface area contributed by atoms with Gasteiger partial charge in [0.15, 0.2) is 5.69 Å². The largest absolute Gasteiger partial charge is 0.424 e. The third-order valence-corrected chi connectivity index (χ3v) is 10.9. The first-order valence-electron chi connectivity index (χ1n) is 17.6. The summed E-state index contributed by atoms with van der Waals surface area (Å²) in [5, 5.41) is 4.85. The molecule has 1 aromatic carbocycles. The number of fused-ring (bicyclic) bond motifs is 2. The van der Waals surface area contributed by atoms with Crippen LogP contribution in [0.2, 0.25) is 0 Å². The van der Waals surface area contributed by atoms with Crippen LogP contribution >= 0.6 is 0 Å². The summed E-state index contributed by atoms with van der Waals surface area (Å²) in [5.41, 5.74) is 2.16. The quantitative estimate of drug-likeness (QED) is 0.214. The number of amides is 3. The molecule has 3 amide bonds. The van der Waals surface area contributed by atoms with E-state index in [-0.39, 0.29) is 47.7 Å². The Morgan fingerprint density at radius 3 is 2.63 bits per heavy atom. The maximum atomic E-state index is 13.9. The highest BCUT2D eigenvalue weighted by molar-refractivity contribution is 6.08. The second-order valence-corrected chi connectivity index (χ2v) is 14.1. The van der Waals surface area contributed by atoms with Gasteiger partial charge >= 0.3 is 5.69 Å². The van der Waals surface area contributed by atoms with E-state index in [0.717, 1.165) is 56.5 Å². The van der Waals surface area contributed by atoms with Crippen LogP contribution in [-0.2, 0) is 16.6 Å². The van der Waals surface area contributed by atoms with Crippen LogP contribution in [0.15, 0.2) is 58.1 Å². The van der Waals surface area contributed by atoms with Crippen LogP contribution in [0.1, 0.15) is 78.9 Å². The molecule has 1 saturated carbocycles.